The lowest BCUT2D eigenvalue weighted by atomic mass is 10.0. The van der Waals surface area contributed by atoms with Crippen LogP contribution >= 0.6 is 11.6 Å². The molecule has 0 unspecified atom stereocenters. The predicted octanol–water partition coefficient (Wildman–Crippen LogP) is 4.86. The van der Waals surface area contributed by atoms with E-state index in [1.165, 1.54) is 6.07 Å². The maximum absolute atomic E-state index is 12.6. The van der Waals surface area contributed by atoms with Gasteiger partial charge in [0, 0.05) is 6.42 Å². The summed E-state index contributed by atoms with van der Waals surface area (Å²) in [4.78, 5) is 11.6. The van der Waals surface area contributed by atoms with E-state index in [0.717, 1.165) is 17.7 Å². The minimum atomic E-state index is -4.46. The number of esters is 1. The number of hydrogen-bond donors (Lipinski definition) is 0. The van der Waals surface area contributed by atoms with Gasteiger partial charge in [-0.3, -0.25) is 0 Å². The number of alkyl halides is 3. The van der Waals surface area contributed by atoms with Crippen LogP contribution in [-0.4, -0.2) is 12.6 Å². The largest absolute Gasteiger partial charge is 0.462 e. The molecule has 1 heterocycles. The number of rotatable bonds is 2. The molecule has 1 aliphatic heterocycles. The Balaban J connectivity index is 1.86. The normalized spacial score (nSPS) is 14.2. The Kier molecular flexibility index (Phi) is 3.93. The second-order valence-corrected chi connectivity index (χ2v) is 5.36. The van der Waals surface area contributed by atoms with Gasteiger partial charge in [-0.25, -0.2) is 4.79 Å². The zero-order valence-corrected chi connectivity index (χ0v) is 12.4. The van der Waals surface area contributed by atoms with E-state index < -0.39 is 17.7 Å². The molecule has 120 valence electrons. The van der Waals surface area contributed by atoms with Crippen molar-refractivity contribution in [2.45, 2.75) is 12.6 Å². The third kappa shape index (κ3) is 3.27. The van der Waals surface area contributed by atoms with E-state index in [9.17, 15) is 18.0 Å². The lowest BCUT2D eigenvalue weighted by Gasteiger charge is -2.17. The molecule has 0 aromatic heterocycles. The molecule has 0 radical (unpaired) electrons. The van der Waals surface area contributed by atoms with Gasteiger partial charge in [-0.05, 0) is 42.0 Å². The summed E-state index contributed by atoms with van der Waals surface area (Å²) in [5.74, 6) is 0.100. The van der Waals surface area contributed by atoms with Crippen LogP contribution in [0.3, 0.4) is 0 Å². The number of ether oxygens (including phenoxy) is 2. The second-order valence-electron chi connectivity index (χ2n) is 4.95. The molecule has 0 saturated carbocycles. The molecule has 0 bridgehead atoms. The summed E-state index contributed by atoms with van der Waals surface area (Å²) in [5, 5.41) is -0.142. The van der Waals surface area contributed by atoms with Gasteiger partial charge in [-0.2, -0.15) is 13.2 Å². The molecule has 2 aromatic rings. The third-order valence-corrected chi connectivity index (χ3v) is 3.68. The smallest absolute Gasteiger partial charge is 0.416 e. The molecule has 0 spiro atoms. The molecule has 1 aliphatic rings. The van der Waals surface area contributed by atoms with Crippen LogP contribution in [0.5, 0.6) is 11.5 Å². The van der Waals surface area contributed by atoms with Crippen LogP contribution in [0.15, 0.2) is 36.4 Å². The van der Waals surface area contributed by atoms with Crippen molar-refractivity contribution in [2.75, 3.05) is 6.61 Å². The Hall–Kier alpha value is -2.21. The van der Waals surface area contributed by atoms with Gasteiger partial charge >= 0.3 is 12.1 Å². The maximum Gasteiger partial charge on any atom is 0.416 e. The van der Waals surface area contributed by atoms with Gasteiger partial charge in [0.25, 0.3) is 0 Å². The minimum absolute atomic E-state index is 0.109. The fourth-order valence-corrected chi connectivity index (χ4v) is 2.48. The third-order valence-electron chi connectivity index (χ3n) is 3.39. The SMILES string of the molecule is O=C1OCCc2cc(Oc3ccc(C(F)(F)F)cc3Cl)ccc21. The highest BCUT2D eigenvalue weighted by molar-refractivity contribution is 6.32. The van der Waals surface area contributed by atoms with Gasteiger partial charge < -0.3 is 9.47 Å². The molecule has 0 aliphatic carbocycles. The molecule has 7 heteroatoms. The van der Waals surface area contributed by atoms with Crippen LogP contribution < -0.4 is 4.74 Å². The fourth-order valence-electron chi connectivity index (χ4n) is 2.26. The lowest BCUT2D eigenvalue weighted by Crippen LogP contribution is -2.17. The zero-order chi connectivity index (χ0) is 16.6. The van der Waals surface area contributed by atoms with E-state index in [2.05, 4.69) is 0 Å². The van der Waals surface area contributed by atoms with Crippen molar-refractivity contribution < 1.29 is 27.4 Å². The molecule has 0 fully saturated rings. The van der Waals surface area contributed by atoms with E-state index in [0.29, 0.717) is 17.7 Å². The molecular formula is C16H10ClF3O3. The Morgan fingerprint density at radius 1 is 1.13 bits per heavy atom. The number of hydrogen-bond acceptors (Lipinski definition) is 3. The summed E-state index contributed by atoms with van der Waals surface area (Å²) < 4.78 is 48.3. The highest BCUT2D eigenvalue weighted by Crippen LogP contribution is 2.36. The van der Waals surface area contributed by atoms with Gasteiger partial charge in [0.05, 0.1) is 22.8 Å². The van der Waals surface area contributed by atoms with Crippen molar-refractivity contribution >= 4 is 17.6 Å². The Labute approximate surface area is 134 Å². The first-order valence-electron chi connectivity index (χ1n) is 6.69. The quantitative estimate of drug-likeness (QED) is 0.731. The highest BCUT2D eigenvalue weighted by atomic mass is 35.5. The van der Waals surface area contributed by atoms with Crippen LogP contribution in [0.4, 0.5) is 13.2 Å². The van der Waals surface area contributed by atoms with Gasteiger partial charge in [-0.15, -0.1) is 0 Å². The minimum Gasteiger partial charge on any atom is -0.462 e. The monoisotopic (exact) mass is 342 g/mol. The van der Waals surface area contributed by atoms with Crippen molar-refractivity contribution in [3.63, 3.8) is 0 Å². The summed E-state index contributed by atoms with van der Waals surface area (Å²) in [6.45, 7) is 0.288. The summed E-state index contributed by atoms with van der Waals surface area (Å²) >= 11 is 5.85. The first-order valence-corrected chi connectivity index (χ1v) is 7.07. The molecule has 3 rings (SSSR count). The van der Waals surface area contributed by atoms with Crippen LogP contribution in [0, 0.1) is 0 Å². The Morgan fingerprint density at radius 3 is 2.61 bits per heavy atom. The van der Waals surface area contributed by atoms with Crippen LogP contribution in [-0.2, 0) is 17.3 Å². The highest BCUT2D eigenvalue weighted by Gasteiger charge is 2.31. The molecule has 0 saturated heterocycles. The summed E-state index contributed by atoms with van der Waals surface area (Å²) in [6, 6.07) is 7.63. The first-order chi connectivity index (χ1) is 10.8. The van der Waals surface area contributed by atoms with Crippen molar-refractivity contribution in [2.24, 2.45) is 0 Å². The lowest BCUT2D eigenvalue weighted by molar-refractivity contribution is -0.137. The molecule has 0 atom stereocenters. The van der Waals surface area contributed by atoms with Crippen molar-refractivity contribution in [3.05, 3.63) is 58.1 Å². The Bertz CT molecular complexity index is 772. The molecule has 0 amide bonds. The standard InChI is InChI=1S/C16H10ClF3O3/c17-13-8-10(16(18,19)20)1-4-14(13)23-11-2-3-12-9(7-11)5-6-22-15(12)21/h1-4,7-8H,5-6H2. The molecule has 3 nitrogen and oxygen atoms in total. The number of carbonyl (C=O) groups is 1. The average molecular weight is 343 g/mol. The molecule has 2 aromatic carbocycles. The van der Waals surface area contributed by atoms with Crippen LogP contribution in [0.1, 0.15) is 21.5 Å². The summed E-state index contributed by atoms with van der Waals surface area (Å²) in [5.41, 5.74) is 0.381. The number of halogens is 4. The predicted molar refractivity (Wildman–Crippen MR) is 77.0 cm³/mol. The average Bonchev–Trinajstić information content (AvgIpc) is 2.48. The van der Waals surface area contributed by atoms with Gasteiger partial charge in [0.15, 0.2) is 0 Å². The number of fused-ring (bicyclic) bond motifs is 1. The van der Waals surface area contributed by atoms with Gasteiger partial charge in [0.2, 0.25) is 0 Å². The van der Waals surface area contributed by atoms with Gasteiger partial charge in [-0.1, -0.05) is 11.6 Å². The van der Waals surface area contributed by atoms with E-state index >= 15 is 0 Å². The van der Waals surface area contributed by atoms with Crippen molar-refractivity contribution in [1.82, 2.24) is 0 Å². The molecular weight excluding hydrogens is 333 g/mol. The van der Waals surface area contributed by atoms with Crippen molar-refractivity contribution in [1.29, 1.82) is 0 Å². The van der Waals surface area contributed by atoms with E-state index in [-0.39, 0.29) is 17.4 Å². The van der Waals surface area contributed by atoms with Gasteiger partial charge in [0.1, 0.15) is 11.5 Å². The number of benzene rings is 2. The Morgan fingerprint density at radius 2 is 1.91 bits per heavy atom. The summed E-state index contributed by atoms with van der Waals surface area (Å²) in [7, 11) is 0. The van der Waals surface area contributed by atoms with E-state index in [1.54, 1.807) is 18.2 Å². The summed E-state index contributed by atoms with van der Waals surface area (Å²) in [6.07, 6.45) is -3.91. The van der Waals surface area contributed by atoms with E-state index in [1.807, 2.05) is 0 Å². The topological polar surface area (TPSA) is 35.5 Å². The molecule has 0 N–H and O–H groups in total. The second kappa shape index (κ2) is 5.77. The fraction of sp³-hybridized carbons (Fsp3) is 0.188. The molecule has 23 heavy (non-hydrogen) atoms. The van der Waals surface area contributed by atoms with Crippen molar-refractivity contribution in [3.8, 4) is 11.5 Å². The number of carbonyl (C=O) groups excluding carboxylic acids is 1. The number of cyclic esters (lactones) is 1. The maximum atomic E-state index is 12.6. The van der Waals surface area contributed by atoms with E-state index in [4.69, 9.17) is 21.1 Å². The zero-order valence-electron chi connectivity index (χ0n) is 11.6. The first kappa shape index (κ1) is 15.7. The van der Waals surface area contributed by atoms with Crippen LogP contribution in [0.2, 0.25) is 5.02 Å². The van der Waals surface area contributed by atoms with Crippen LogP contribution in [0.25, 0.3) is 0 Å².